The van der Waals surface area contributed by atoms with E-state index in [0.29, 0.717) is 0 Å². The molecule has 0 fully saturated rings. The van der Waals surface area contributed by atoms with Crippen LogP contribution in [0.4, 0.5) is 5.69 Å². The first kappa shape index (κ1) is 14.6. The average molecular weight is 310 g/mol. The fraction of sp³-hybridized carbons (Fsp3) is 0.167. The van der Waals surface area contributed by atoms with E-state index in [4.69, 9.17) is 9.72 Å². The second kappa shape index (κ2) is 6.20. The third kappa shape index (κ3) is 2.97. The lowest BCUT2D eigenvalue weighted by molar-refractivity contribution is 0.415. The standard InChI is InChI=1S/C18H18N2OS/c1-20(2)15-9-7-13(8-10-15)18-19-17(12-22-18)14-5-4-6-16(11-14)21-3/h4-12H,1-3H3. The second-order valence-electron chi connectivity index (χ2n) is 5.21. The lowest BCUT2D eigenvalue weighted by Gasteiger charge is -2.11. The molecule has 112 valence electrons. The number of aromatic nitrogens is 1. The summed E-state index contributed by atoms with van der Waals surface area (Å²) in [5.74, 6) is 0.849. The number of benzene rings is 2. The number of hydrogen-bond donors (Lipinski definition) is 0. The summed E-state index contributed by atoms with van der Waals surface area (Å²) in [6.07, 6.45) is 0. The lowest BCUT2D eigenvalue weighted by atomic mass is 10.1. The molecule has 3 rings (SSSR count). The Hall–Kier alpha value is -2.33. The molecular weight excluding hydrogens is 292 g/mol. The summed E-state index contributed by atoms with van der Waals surface area (Å²) in [7, 11) is 5.76. The van der Waals surface area contributed by atoms with Crippen molar-refractivity contribution in [3.63, 3.8) is 0 Å². The van der Waals surface area contributed by atoms with Gasteiger partial charge in [0, 0.05) is 36.3 Å². The van der Waals surface area contributed by atoms with Gasteiger partial charge in [-0.25, -0.2) is 4.98 Å². The summed E-state index contributed by atoms with van der Waals surface area (Å²) in [4.78, 5) is 6.84. The first-order valence-electron chi connectivity index (χ1n) is 7.05. The third-order valence-electron chi connectivity index (χ3n) is 3.50. The molecule has 0 saturated heterocycles. The van der Waals surface area contributed by atoms with Crippen LogP contribution in [0, 0.1) is 0 Å². The van der Waals surface area contributed by atoms with Crippen molar-refractivity contribution in [2.75, 3.05) is 26.1 Å². The minimum absolute atomic E-state index is 0.849. The summed E-state index contributed by atoms with van der Waals surface area (Å²) in [5, 5.41) is 3.12. The highest BCUT2D eigenvalue weighted by Gasteiger charge is 2.08. The fourth-order valence-electron chi connectivity index (χ4n) is 2.22. The third-order valence-corrected chi connectivity index (χ3v) is 4.39. The number of methoxy groups -OCH3 is 1. The van der Waals surface area contributed by atoms with E-state index in [1.165, 1.54) is 5.69 Å². The molecule has 0 saturated carbocycles. The van der Waals surface area contributed by atoms with Crippen molar-refractivity contribution in [1.29, 1.82) is 0 Å². The van der Waals surface area contributed by atoms with E-state index in [-0.39, 0.29) is 0 Å². The molecule has 22 heavy (non-hydrogen) atoms. The van der Waals surface area contributed by atoms with E-state index in [1.54, 1.807) is 18.4 Å². The van der Waals surface area contributed by atoms with Crippen LogP contribution in [0.5, 0.6) is 5.75 Å². The van der Waals surface area contributed by atoms with Crippen molar-refractivity contribution in [2.24, 2.45) is 0 Å². The molecule has 3 aromatic rings. The molecule has 0 amide bonds. The molecule has 3 nitrogen and oxygen atoms in total. The molecule has 0 atom stereocenters. The van der Waals surface area contributed by atoms with Gasteiger partial charge in [0.05, 0.1) is 12.8 Å². The van der Waals surface area contributed by atoms with E-state index in [1.807, 2.05) is 32.3 Å². The molecule has 0 radical (unpaired) electrons. The number of ether oxygens (including phenoxy) is 1. The Morgan fingerprint density at radius 3 is 2.45 bits per heavy atom. The van der Waals surface area contributed by atoms with Crippen molar-refractivity contribution < 1.29 is 4.74 Å². The molecular formula is C18H18N2OS. The topological polar surface area (TPSA) is 25.4 Å². The molecule has 0 aliphatic carbocycles. The van der Waals surface area contributed by atoms with Crippen LogP contribution in [-0.4, -0.2) is 26.2 Å². The van der Waals surface area contributed by atoms with Gasteiger partial charge in [-0.15, -0.1) is 11.3 Å². The second-order valence-corrected chi connectivity index (χ2v) is 6.07. The van der Waals surface area contributed by atoms with Crippen molar-refractivity contribution >= 4 is 17.0 Å². The molecule has 0 spiro atoms. The van der Waals surface area contributed by atoms with Crippen LogP contribution >= 0.6 is 11.3 Å². The molecule has 1 heterocycles. The molecule has 0 aliphatic rings. The van der Waals surface area contributed by atoms with Crippen molar-refractivity contribution in [3.8, 4) is 27.6 Å². The highest BCUT2D eigenvalue weighted by molar-refractivity contribution is 7.13. The summed E-state index contributed by atoms with van der Waals surface area (Å²) in [5.41, 5.74) is 4.39. The van der Waals surface area contributed by atoms with Gasteiger partial charge in [0.15, 0.2) is 0 Å². The Bertz CT molecular complexity index is 763. The Labute approximate surface area is 134 Å². The van der Waals surface area contributed by atoms with Crippen LogP contribution in [0.15, 0.2) is 53.9 Å². The summed E-state index contributed by atoms with van der Waals surface area (Å²) in [6, 6.07) is 16.4. The van der Waals surface area contributed by atoms with Crippen LogP contribution in [0.3, 0.4) is 0 Å². The van der Waals surface area contributed by atoms with E-state index in [0.717, 1.165) is 27.6 Å². The van der Waals surface area contributed by atoms with Gasteiger partial charge in [-0.1, -0.05) is 12.1 Å². The summed E-state index contributed by atoms with van der Waals surface area (Å²) in [6.45, 7) is 0. The normalized spacial score (nSPS) is 10.5. The highest BCUT2D eigenvalue weighted by Crippen LogP contribution is 2.31. The number of hydrogen-bond acceptors (Lipinski definition) is 4. The molecule has 4 heteroatoms. The van der Waals surface area contributed by atoms with Gasteiger partial charge in [0.2, 0.25) is 0 Å². The van der Waals surface area contributed by atoms with Gasteiger partial charge in [0.1, 0.15) is 10.8 Å². The van der Waals surface area contributed by atoms with Crippen molar-refractivity contribution in [3.05, 3.63) is 53.9 Å². The number of anilines is 1. The largest absolute Gasteiger partial charge is 0.497 e. The van der Waals surface area contributed by atoms with Gasteiger partial charge in [0.25, 0.3) is 0 Å². The van der Waals surface area contributed by atoms with Gasteiger partial charge < -0.3 is 9.64 Å². The maximum atomic E-state index is 5.27. The molecule has 0 aliphatic heterocycles. The first-order chi connectivity index (χ1) is 10.7. The van der Waals surface area contributed by atoms with E-state index in [2.05, 4.69) is 40.6 Å². The Morgan fingerprint density at radius 1 is 1.00 bits per heavy atom. The monoisotopic (exact) mass is 310 g/mol. The minimum atomic E-state index is 0.849. The Kier molecular flexibility index (Phi) is 4.11. The predicted octanol–water partition coefficient (Wildman–Crippen LogP) is 4.55. The fourth-order valence-corrected chi connectivity index (χ4v) is 3.06. The van der Waals surface area contributed by atoms with Crippen LogP contribution in [0.25, 0.3) is 21.8 Å². The minimum Gasteiger partial charge on any atom is -0.497 e. The zero-order chi connectivity index (χ0) is 15.5. The number of rotatable bonds is 4. The zero-order valence-electron chi connectivity index (χ0n) is 12.9. The van der Waals surface area contributed by atoms with Crippen molar-refractivity contribution in [1.82, 2.24) is 4.98 Å². The van der Waals surface area contributed by atoms with Gasteiger partial charge >= 0.3 is 0 Å². The SMILES string of the molecule is COc1cccc(-c2csc(-c3ccc(N(C)C)cc3)n2)c1. The van der Waals surface area contributed by atoms with E-state index < -0.39 is 0 Å². The van der Waals surface area contributed by atoms with E-state index in [9.17, 15) is 0 Å². The van der Waals surface area contributed by atoms with Gasteiger partial charge in [-0.05, 0) is 36.4 Å². The molecule has 0 N–H and O–H groups in total. The Balaban J connectivity index is 1.89. The molecule has 1 aromatic heterocycles. The quantitative estimate of drug-likeness (QED) is 0.707. The van der Waals surface area contributed by atoms with Crippen molar-refractivity contribution in [2.45, 2.75) is 0 Å². The molecule has 0 unspecified atom stereocenters. The van der Waals surface area contributed by atoms with Crippen LogP contribution in [-0.2, 0) is 0 Å². The summed E-state index contributed by atoms with van der Waals surface area (Å²) < 4.78 is 5.27. The number of nitrogens with zero attached hydrogens (tertiary/aromatic N) is 2. The highest BCUT2D eigenvalue weighted by atomic mass is 32.1. The van der Waals surface area contributed by atoms with Gasteiger partial charge in [-0.2, -0.15) is 0 Å². The number of thiazole rings is 1. The predicted molar refractivity (Wildman–Crippen MR) is 93.9 cm³/mol. The Morgan fingerprint density at radius 2 is 1.77 bits per heavy atom. The van der Waals surface area contributed by atoms with Gasteiger partial charge in [-0.3, -0.25) is 0 Å². The van der Waals surface area contributed by atoms with Crippen LogP contribution in [0.1, 0.15) is 0 Å². The maximum Gasteiger partial charge on any atom is 0.124 e. The molecule has 2 aromatic carbocycles. The maximum absolute atomic E-state index is 5.27. The summed E-state index contributed by atoms with van der Waals surface area (Å²) >= 11 is 1.66. The van der Waals surface area contributed by atoms with E-state index >= 15 is 0 Å². The lowest BCUT2D eigenvalue weighted by Crippen LogP contribution is -2.07. The molecule has 0 bridgehead atoms. The van der Waals surface area contributed by atoms with Crippen LogP contribution < -0.4 is 9.64 Å². The smallest absolute Gasteiger partial charge is 0.124 e. The van der Waals surface area contributed by atoms with Crippen LogP contribution in [0.2, 0.25) is 0 Å². The first-order valence-corrected chi connectivity index (χ1v) is 7.93. The average Bonchev–Trinajstić information content (AvgIpc) is 3.05. The zero-order valence-corrected chi connectivity index (χ0v) is 13.7.